The maximum atomic E-state index is 12.3. The van der Waals surface area contributed by atoms with Gasteiger partial charge in [0.15, 0.2) is 0 Å². The Kier molecular flexibility index (Phi) is 4.86. The van der Waals surface area contributed by atoms with Crippen molar-refractivity contribution in [3.05, 3.63) is 64.2 Å². The molecule has 2 aromatic carbocycles. The molecule has 110 valence electrons. The number of benzene rings is 2. The lowest BCUT2D eigenvalue weighted by Gasteiger charge is -2.15. The summed E-state index contributed by atoms with van der Waals surface area (Å²) in [6, 6.07) is 12.8. The zero-order valence-electron chi connectivity index (χ0n) is 12.3. The second-order valence-corrected chi connectivity index (χ2v) is 5.37. The predicted molar refractivity (Wildman–Crippen MR) is 85.1 cm³/mol. The number of hydrogen-bond acceptors (Lipinski definition) is 2. The lowest BCUT2D eigenvalue weighted by atomic mass is 10.1. The Morgan fingerprint density at radius 1 is 1.24 bits per heavy atom. The summed E-state index contributed by atoms with van der Waals surface area (Å²) in [5.41, 5.74) is 2.54. The van der Waals surface area contributed by atoms with Crippen LogP contribution in [0.25, 0.3) is 0 Å². The number of amides is 1. The van der Waals surface area contributed by atoms with Gasteiger partial charge in [-0.2, -0.15) is 0 Å². The van der Waals surface area contributed by atoms with Crippen LogP contribution in [0, 0.1) is 6.92 Å². The third-order valence-electron chi connectivity index (χ3n) is 3.37. The minimum Gasteiger partial charge on any atom is -0.496 e. The quantitative estimate of drug-likeness (QED) is 0.921. The number of aryl methyl sites for hydroxylation is 1. The minimum atomic E-state index is -0.138. The maximum absolute atomic E-state index is 12.3. The Hall–Kier alpha value is -2.00. The van der Waals surface area contributed by atoms with Crippen molar-refractivity contribution in [1.82, 2.24) is 5.32 Å². The van der Waals surface area contributed by atoms with Gasteiger partial charge in [-0.15, -0.1) is 0 Å². The molecule has 1 N–H and O–H groups in total. The molecule has 21 heavy (non-hydrogen) atoms. The zero-order valence-corrected chi connectivity index (χ0v) is 13.1. The summed E-state index contributed by atoms with van der Waals surface area (Å²) in [6.45, 7) is 3.87. The Morgan fingerprint density at radius 3 is 2.67 bits per heavy atom. The van der Waals surface area contributed by atoms with E-state index in [-0.39, 0.29) is 11.9 Å². The molecule has 3 nitrogen and oxygen atoms in total. The standard InChI is InChI=1S/C17H18ClNO2/c1-11-7-8-14(10-16(11)21-3)17(20)19-12(2)13-5-4-6-15(18)9-13/h4-10,12H,1-3H3,(H,19,20)/t12-/m1/s1. The number of nitrogens with one attached hydrogen (secondary N) is 1. The molecule has 0 aliphatic rings. The fourth-order valence-electron chi connectivity index (χ4n) is 2.10. The van der Waals surface area contributed by atoms with E-state index < -0.39 is 0 Å². The molecule has 0 heterocycles. The minimum absolute atomic E-state index is 0.122. The summed E-state index contributed by atoms with van der Waals surface area (Å²) >= 11 is 5.97. The number of hydrogen-bond donors (Lipinski definition) is 1. The molecule has 0 aliphatic heterocycles. The van der Waals surface area contributed by atoms with Crippen LogP contribution in [0.5, 0.6) is 5.75 Å². The van der Waals surface area contributed by atoms with Crippen LogP contribution in [0.4, 0.5) is 0 Å². The van der Waals surface area contributed by atoms with Crippen LogP contribution in [-0.4, -0.2) is 13.0 Å². The van der Waals surface area contributed by atoms with Gasteiger partial charge < -0.3 is 10.1 Å². The highest BCUT2D eigenvalue weighted by atomic mass is 35.5. The number of ether oxygens (including phenoxy) is 1. The average molecular weight is 304 g/mol. The fourth-order valence-corrected chi connectivity index (χ4v) is 2.30. The van der Waals surface area contributed by atoms with Gasteiger partial charge in [0.25, 0.3) is 5.91 Å². The zero-order chi connectivity index (χ0) is 15.4. The van der Waals surface area contributed by atoms with Crippen LogP contribution in [0.15, 0.2) is 42.5 Å². The number of carbonyl (C=O) groups is 1. The topological polar surface area (TPSA) is 38.3 Å². The van der Waals surface area contributed by atoms with Gasteiger partial charge in [-0.05, 0) is 49.2 Å². The summed E-state index contributed by atoms with van der Waals surface area (Å²) in [5.74, 6) is 0.568. The highest BCUT2D eigenvalue weighted by Crippen LogP contribution is 2.21. The number of carbonyl (C=O) groups excluding carboxylic acids is 1. The van der Waals surface area contributed by atoms with Gasteiger partial charge in [0.05, 0.1) is 13.2 Å². The first-order chi connectivity index (χ1) is 10.0. The third-order valence-corrected chi connectivity index (χ3v) is 3.60. The Morgan fingerprint density at radius 2 is 2.00 bits per heavy atom. The molecule has 0 fully saturated rings. The van der Waals surface area contributed by atoms with E-state index >= 15 is 0 Å². The fraction of sp³-hybridized carbons (Fsp3) is 0.235. The van der Waals surface area contributed by atoms with E-state index in [1.54, 1.807) is 19.2 Å². The van der Waals surface area contributed by atoms with E-state index in [0.29, 0.717) is 16.3 Å². The van der Waals surface area contributed by atoms with Crippen molar-refractivity contribution in [3.63, 3.8) is 0 Å². The summed E-state index contributed by atoms with van der Waals surface area (Å²) < 4.78 is 5.24. The molecule has 0 saturated carbocycles. The van der Waals surface area contributed by atoms with Gasteiger partial charge in [-0.1, -0.05) is 29.8 Å². The van der Waals surface area contributed by atoms with Crippen molar-refractivity contribution >= 4 is 17.5 Å². The van der Waals surface area contributed by atoms with E-state index in [4.69, 9.17) is 16.3 Å². The molecule has 0 spiro atoms. The molecule has 4 heteroatoms. The highest BCUT2D eigenvalue weighted by Gasteiger charge is 2.13. The van der Waals surface area contributed by atoms with Crippen molar-refractivity contribution in [2.45, 2.75) is 19.9 Å². The van der Waals surface area contributed by atoms with Crippen molar-refractivity contribution in [2.75, 3.05) is 7.11 Å². The smallest absolute Gasteiger partial charge is 0.251 e. The molecule has 0 aliphatic carbocycles. The normalized spacial score (nSPS) is 11.8. The Labute approximate surface area is 129 Å². The number of methoxy groups -OCH3 is 1. The first-order valence-corrected chi connectivity index (χ1v) is 7.10. The SMILES string of the molecule is COc1cc(C(=O)N[C@H](C)c2cccc(Cl)c2)ccc1C. The molecule has 1 atom stereocenters. The molecule has 0 radical (unpaired) electrons. The van der Waals surface area contributed by atoms with Crippen LogP contribution in [-0.2, 0) is 0 Å². The Balaban J connectivity index is 2.14. The van der Waals surface area contributed by atoms with Crippen LogP contribution in [0.3, 0.4) is 0 Å². The summed E-state index contributed by atoms with van der Waals surface area (Å²) in [5, 5.41) is 3.62. The summed E-state index contributed by atoms with van der Waals surface area (Å²) in [6.07, 6.45) is 0. The maximum Gasteiger partial charge on any atom is 0.251 e. The van der Waals surface area contributed by atoms with Gasteiger partial charge >= 0.3 is 0 Å². The largest absolute Gasteiger partial charge is 0.496 e. The molecule has 0 bridgehead atoms. The monoisotopic (exact) mass is 303 g/mol. The van der Waals surface area contributed by atoms with Gasteiger partial charge in [0, 0.05) is 10.6 Å². The molecule has 0 unspecified atom stereocenters. The van der Waals surface area contributed by atoms with E-state index in [2.05, 4.69) is 5.32 Å². The van der Waals surface area contributed by atoms with Gasteiger partial charge in [-0.3, -0.25) is 4.79 Å². The van der Waals surface area contributed by atoms with E-state index in [1.807, 2.05) is 44.2 Å². The molecule has 0 saturated heterocycles. The summed E-state index contributed by atoms with van der Waals surface area (Å²) in [7, 11) is 1.60. The average Bonchev–Trinajstić information content (AvgIpc) is 2.47. The second kappa shape index (κ2) is 6.64. The van der Waals surface area contributed by atoms with Crippen molar-refractivity contribution in [2.24, 2.45) is 0 Å². The third kappa shape index (κ3) is 3.76. The first kappa shape index (κ1) is 15.4. The highest BCUT2D eigenvalue weighted by molar-refractivity contribution is 6.30. The number of halogens is 1. The molecule has 0 aromatic heterocycles. The molecule has 2 aromatic rings. The second-order valence-electron chi connectivity index (χ2n) is 4.93. The molecule has 2 rings (SSSR count). The van der Waals surface area contributed by atoms with E-state index in [0.717, 1.165) is 11.1 Å². The molecular formula is C17H18ClNO2. The summed E-state index contributed by atoms with van der Waals surface area (Å²) in [4.78, 5) is 12.3. The predicted octanol–water partition coefficient (Wildman–Crippen LogP) is 4.15. The van der Waals surface area contributed by atoms with Crippen molar-refractivity contribution in [1.29, 1.82) is 0 Å². The Bertz CT molecular complexity index is 655. The molecule has 1 amide bonds. The lowest BCUT2D eigenvalue weighted by molar-refractivity contribution is 0.0939. The van der Waals surface area contributed by atoms with Crippen LogP contribution >= 0.6 is 11.6 Å². The van der Waals surface area contributed by atoms with Crippen LogP contribution in [0.1, 0.15) is 34.5 Å². The van der Waals surface area contributed by atoms with Crippen LogP contribution < -0.4 is 10.1 Å². The lowest BCUT2D eigenvalue weighted by Crippen LogP contribution is -2.26. The number of rotatable bonds is 4. The van der Waals surface area contributed by atoms with Crippen LogP contribution in [0.2, 0.25) is 5.02 Å². The van der Waals surface area contributed by atoms with E-state index in [1.165, 1.54) is 0 Å². The molecular weight excluding hydrogens is 286 g/mol. The first-order valence-electron chi connectivity index (χ1n) is 6.72. The van der Waals surface area contributed by atoms with Gasteiger partial charge in [0.1, 0.15) is 5.75 Å². The van der Waals surface area contributed by atoms with E-state index in [9.17, 15) is 4.79 Å². The van der Waals surface area contributed by atoms with Crippen molar-refractivity contribution < 1.29 is 9.53 Å². The van der Waals surface area contributed by atoms with Gasteiger partial charge in [-0.25, -0.2) is 0 Å². The van der Waals surface area contributed by atoms with Crippen molar-refractivity contribution in [3.8, 4) is 5.75 Å². The van der Waals surface area contributed by atoms with Gasteiger partial charge in [0.2, 0.25) is 0 Å².